The Labute approximate surface area is 119 Å². The Hall–Kier alpha value is -1.71. The molecule has 0 bridgehead atoms. The van der Waals surface area contributed by atoms with Gasteiger partial charge in [0.25, 0.3) is 0 Å². The Bertz CT molecular complexity index is 519. The predicted octanol–water partition coefficient (Wildman–Crippen LogP) is 3.52. The molecule has 0 aromatic heterocycles. The van der Waals surface area contributed by atoms with Crippen LogP contribution in [-0.4, -0.2) is 11.7 Å². The fraction of sp³-hybridized carbons (Fsp3) is 0.294. The normalized spacial score (nSPS) is 14.0. The summed E-state index contributed by atoms with van der Waals surface area (Å²) in [7, 11) is 0. The minimum atomic E-state index is -0.710. The Morgan fingerprint density at radius 3 is 2.50 bits per heavy atom. The second-order valence-corrected chi connectivity index (χ2v) is 5.11. The lowest BCUT2D eigenvalue weighted by Crippen LogP contribution is -2.24. The zero-order valence-corrected chi connectivity index (χ0v) is 11.8. The van der Waals surface area contributed by atoms with Crippen molar-refractivity contribution in [3.05, 3.63) is 71.0 Å². The van der Waals surface area contributed by atoms with E-state index < -0.39 is 6.10 Å². The minimum absolute atomic E-state index is 0.137. The Morgan fingerprint density at radius 1 is 1.10 bits per heavy atom. The van der Waals surface area contributed by atoms with E-state index >= 15 is 0 Å². The number of hydrogen-bond acceptors (Lipinski definition) is 2. The summed E-state index contributed by atoms with van der Waals surface area (Å²) in [6.45, 7) is 4.49. The molecule has 0 aliphatic rings. The summed E-state index contributed by atoms with van der Waals surface area (Å²) >= 11 is 0. The van der Waals surface area contributed by atoms with Gasteiger partial charge in [-0.1, -0.05) is 42.0 Å². The second kappa shape index (κ2) is 6.64. The van der Waals surface area contributed by atoms with Crippen molar-refractivity contribution in [1.82, 2.24) is 5.32 Å². The Morgan fingerprint density at radius 2 is 1.80 bits per heavy atom. The summed E-state index contributed by atoms with van der Waals surface area (Å²) in [4.78, 5) is 0. The Kier molecular flexibility index (Phi) is 4.88. The third-order valence-corrected chi connectivity index (χ3v) is 3.39. The first-order valence-corrected chi connectivity index (χ1v) is 6.80. The molecule has 0 fully saturated rings. The highest BCUT2D eigenvalue weighted by Crippen LogP contribution is 2.17. The van der Waals surface area contributed by atoms with Crippen LogP contribution in [0.15, 0.2) is 48.5 Å². The molecule has 106 valence electrons. The molecule has 0 aliphatic carbocycles. The highest BCUT2D eigenvalue weighted by Gasteiger charge is 2.11. The standard InChI is InChI=1S/C17H20FNO/c1-12-5-3-6-14(9-12)13(2)19-11-17(20)15-7-4-8-16(18)10-15/h3-10,13,17,19-20H,11H2,1-2H3/t13-,17?/m1/s1. The number of nitrogens with one attached hydrogen (secondary N) is 1. The molecule has 0 amide bonds. The number of rotatable bonds is 5. The first-order chi connectivity index (χ1) is 9.56. The molecule has 2 aromatic carbocycles. The van der Waals surface area contributed by atoms with Crippen LogP contribution in [0.5, 0.6) is 0 Å². The molecule has 2 N–H and O–H groups in total. The van der Waals surface area contributed by atoms with E-state index in [1.165, 1.54) is 23.3 Å². The molecular weight excluding hydrogens is 253 g/mol. The maximum atomic E-state index is 13.1. The van der Waals surface area contributed by atoms with E-state index in [0.717, 1.165) is 0 Å². The third kappa shape index (κ3) is 3.89. The molecule has 0 aliphatic heterocycles. The highest BCUT2D eigenvalue weighted by atomic mass is 19.1. The largest absolute Gasteiger partial charge is 0.387 e. The number of benzene rings is 2. The van der Waals surface area contributed by atoms with E-state index in [1.807, 2.05) is 13.0 Å². The highest BCUT2D eigenvalue weighted by molar-refractivity contribution is 5.25. The van der Waals surface area contributed by atoms with E-state index in [0.29, 0.717) is 12.1 Å². The van der Waals surface area contributed by atoms with Gasteiger partial charge in [0.1, 0.15) is 5.82 Å². The number of halogens is 1. The second-order valence-electron chi connectivity index (χ2n) is 5.11. The number of aliphatic hydroxyl groups is 1. The van der Waals surface area contributed by atoms with E-state index in [2.05, 4.69) is 30.4 Å². The smallest absolute Gasteiger partial charge is 0.123 e. The van der Waals surface area contributed by atoms with Crippen molar-refractivity contribution in [3.63, 3.8) is 0 Å². The van der Waals surface area contributed by atoms with E-state index in [1.54, 1.807) is 12.1 Å². The van der Waals surface area contributed by atoms with Crippen molar-refractivity contribution in [2.45, 2.75) is 26.0 Å². The molecule has 0 heterocycles. The molecule has 0 saturated carbocycles. The first kappa shape index (κ1) is 14.7. The maximum absolute atomic E-state index is 13.1. The summed E-state index contributed by atoms with van der Waals surface area (Å²) in [5, 5.41) is 13.3. The van der Waals surface area contributed by atoms with Crippen LogP contribution in [0.25, 0.3) is 0 Å². The first-order valence-electron chi connectivity index (χ1n) is 6.80. The monoisotopic (exact) mass is 273 g/mol. The molecule has 2 aromatic rings. The molecule has 20 heavy (non-hydrogen) atoms. The van der Waals surface area contributed by atoms with Gasteiger partial charge in [-0.2, -0.15) is 0 Å². The summed E-state index contributed by atoms with van der Waals surface area (Å²) in [6.07, 6.45) is -0.710. The van der Waals surface area contributed by atoms with Crippen molar-refractivity contribution < 1.29 is 9.50 Å². The summed E-state index contributed by atoms with van der Waals surface area (Å²) in [5.74, 6) is -0.326. The molecular formula is C17H20FNO. The number of aliphatic hydroxyl groups excluding tert-OH is 1. The molecule has 3 heteroatoms. The van der Waals surface area contributed by atoms with E-state index in [-0.39, 0.29) is 11.9 Å². The minimum Gasteiger partial charge on any atom is -0.387 e. The SMILES string of the molecule is Cc1cccc([C@@H](C)NCC(O)c2cccc(F)c2)c1. The topological polar surface area (TPSA) is 32.3 Å². The maximum Gasteiger partial charge on any atom is 0.123 e. The van der Waals surface area contributed by atoms with Gasteiger partial charge in [0.05, 0.1) is 6.10 Å². The zero-order chi connectivity index (χ0) is 14.5. The van der Waals surface area contributed by atoms with Gasteiger partial charge in [0.15, 0.2) is 0 Å². The molecule has 2 atom stereocenters. The van der Waals surface area contributed by atoms with Gasteiger partial charge in [0.2, 0.25) is 0 Å². The van der Waals surface area contributed by atoms with Crippen LogP contribution in [0.3, 0.4) is 0 Å². The lowest BCUT2D eigenvalue weighted by molar-refractivity contribution is 0.170. The van der Waals surface area contributed by atoms with Crippen LogP contribution in [0.4, 0.5) is 4.39 Å². The van der Waals surface area contributed by atoms with Crippen molar-refractivity contribution in [3.8, 4) is 0 Å². The van der Waals surface area contributed by atoms with Crippen molar-refractivity contribution >= 4 is 0 Å². The van der Waals surface area contributed by atoms with Gasteiger partial charge in [-0.25, -0.2) is 4.39 Å². The Balaban J connectivity index is 1.94. The quantitative estimate of drug-likeness (QED) is 0.873. The summed E-state index contributed by atoms with van der Waals surface area (Å²) < 4.78 is 13.1. The van der Waals surface area contributed by atoms with E-state index in [9.17, 15) is 9.50 Å². The zero-order valence-electron chi connectivity index (χ0n) is 11.8. The summed E-state index contributed by atoms with van der Waals surface area (Å²) in [5.41, 5.74) is 2.98. The molecule has 0 spiro atoms. The average molecular weight is 273 g/mol. The molecule has 0 saturated heterocycles. The molecule has 2 nitrogen and oxygen atoms in total. The van der Waals surface area contributed by atoms with Crippen molar-refractivity contribution in [2.24, 2.45) is 0 Å². The van der Waals surface area contributed by atoms with Crippen LogP contribution in [0.2, 0.25) is 0 Å². The van der Waals surface area contributed by atoms with Crippen LogP contribution in [0, 0.1) is 12.7 Å². The van der Waals surface area contributed by atoms with Gasteiger partial charge in [0, 0.05) is 12.6 Å². The van der Waals surface area contributed by atoms with Gasteiger partial charge < -0.3 is 10.4 Å². The predicted molar refractivity (Wildman–Crippen MR) is 79.0 cm³/mol. The van der Waals surface area contributed by atoms with Gasteiger partial charge in [-0.15, -0.1) is 0 Å². The molecule has 1 unspecified atom stereocenters. The number of hydrogen-bond donors (Lipinski definition) is 2. The van der Waals surface area contributed by atoms with Gasteiger partial charge in [-0.05, 0) is 37.1 Å². The van der Waals surface area contributed by atoms with Gasteiger partial charge in [-0.3, -0.25) is 0 Å². The van der Waals surface area contributed by atoms with Crippen LogP contribution in [0.1, 0.15) is 35.8 Å². The number of aryl methyl sites for hydroxylation is 1. The van der Waals surface area contributed by atoms with Crippen molar-refractivity contribution in [1.29, 1.82) is 0 Å². The summed E-state index contributed by atoms with van der Waals surface area (Å²) in [6, 6.07) is 14.5. The average Bonchev–Trinajstić information content (AvgIpc) is 2.44. The van der Waals surface area contributed by atoms with Gasteiger partial charge >= 0.3 is 0 Å². The molecule has 2 rings (SSSR count). The lowest BCUT2D eigenvalue weighted by atomic mass is 10.0. The van der Waals surface area contributed by atoms with Crippen LogP contribution >= 0.6 is 0 Å². The fourth-order valence-corrected chi connectivity index (χ4v) is 2.18. The third-order valence-electron chi connectivity index (χ3n) is 3.39. The van der Waals surface area contributed by atoms with Crippen molar-refractivity contribution in [2.75, 3.05) is 6.54 Å². The van der Waals surface area contributed by atoms with Crippen LogP contribution in [-0.2, 0) is 0 Å². The lowest BCUT2D eigenvalue weighted by Gasteiger charge is -2.18. The van der Waals surface area contributed by atoms with Crippen LogP contribution < -0.4 is 5.32 Å². The van der Waals surface area contributed by atoms with E-state index in [4.69, 9.17) is 0 Å². The molecule has 0 radical (unpaired) electrons. The fourth-order valence-electron chi connectivity index (χ4n) is 2.18.